The van der Waals surface area contributed by atoms with E-state index in [9.17, 15) is 4.79 Å². The van der Waals surface area contributed by atoms with Crippen molar-refractivity contribution in [3.63, 3.8) is 0 Å². The van der Waals surface area contributed by atoms with Gasteiger partial charge in [-0.15, -0.1) is 0 Å². The highest BCUT2D eigenvalue weighted by Gasteiger charge is 2.38. The van der Waals surface area contributed by atoms with Crippen LogP contribution in [0.1, 0.15) is 72.9 Å². The summed E-state index contributed by atoms with van der Waals surface area (Å²) < 4.78 is 5.40. The van der Waals surface area contributed by atoms with Crippen LogP contribution in [0.15, 0.2) is 34.9 Å². The van der Waals surface area contributed by atoms with Gasteiger partial charge in [0.05, 0.1) is 22.7 Å². The zero-order chi connectivity index (χ0) is 20.0. The molecule has 1 amide bonds. The molecular formula is C22H24ClN3O2. The van der Waals surface area contributed by atoms with Crippen LogP contribution in [-0.2, 0) is 0 Å². The highest BCUT2D eigenvalue weighted by atomic mass is 35.5. The molecule has 6 heteroatoms. The fourth-order valence-corrected chi connectivity index (χ4v) is 3.76. The van der Waals surface area contributed by atoms with Gasteiger partial charge in [0.15, 0.2) is 0 Å². The first kappa shape index (κ1) is 18.9. The molecule has 1 aromatic carbocycles. The molecule has 0 N–H and O–H groups in total. The Morgan fingerprint density at radius 3 is 2.50 bits per heavy atom. The average Bonchev–Trinajstić information content (AvgIpc) is 3.43. The topological polar surface area (TPSA) is 59.2 Å². The number of hydrogen-bond acceptors (Lipinski definition) is 4. The number of pyridine rings is 1. The summed E-state index contributed by atoms with van der Waals surface area (Å²) in [6.07, 6.45) is 2.05. The zero-order valence-corrected chi connectivity index (χ0v) is 17.3. The summed E-state index contributed by atoms with van der Waals surface area (Å²) in [5.41, 5.74) is 3.65. The molecule has 2 aromatic heterocycles. The van der Waals surface area contributed by atoms with Crippen molar-refractivity contribution < 1.29 is 9.32 Å². The summed E-state index contributed by atoms with van der Waals surface area (Å²) in [5, 5.41) is 5.45. The van der Waals surface area contributed by atoms with E-state index in [4.69, 9.17) is 16.1 Å². The van der Waals surface area contributed by atoms with Crippen molar-refractivity contribution in [2.75, 3.05) is 0 Å². The average molecular weight is 398 g/mol. The molecule has 0 aliphatic heterocycles. The minimum Gasteiger partial charge on any atom is -0.336 e. The lowest BCUT2D eigenvalue weighted by atomic mass is 10.0. The summed E-state index contributed by atoms with van der Waals surface area (Å²) in [4.78, 5) is 20.3. The third-order valence-corrected chi connectivity index (χ3v) is 5.66. The normalized spacial score (nSPS) is 15.2. The molecule has 28 heavy (non-hydrogen) atoms. The Kier molecular flexibility index (Phi) is 4.88. The number of fused-ring (bicyclic) bond motifs is 1. The molecule has 1 aliphatic carbocycles. The number of nitrogens with zero attached hydrogens (tertiary/aromatic N) is 3. The number of halogens is 1. The second kappa shape index (κ2) is 7.21. The molecule has 1 fully saturated rings. The molecule has 146 valence electrons. The van der Waals surface area contributed by atoms with Gasteiger partial charge in [-0.2, -0.15) is 0 Å². The SMILES string of the molecule is Cc1noc2nc(C(C)C)cc(C(=O)N(C3CC3)C(C)c3ccc(Cl)cc3)c12. The first-order valence-electron chi connectivity index (χ1n) is 9.72. The number of aryl methyl sites for hydroxylation is 1. The minimum absolute atomic E-state index is 0.00514. The third kappa shape index (κ3) is 3.39. The van der Waals surface area contributed by atoms with Crippen LogP contribution in [0.4, 0.5) is 0 Å². The highest BCUT2D eigenvalue weighted by Crippen LogP contribution is 2.37. The Labute approximate surface area is 169 Å². The van der Waals surface area contributed by atoms with Crippen LogP contribution in [-0.4, -0.2) is 27.0 Å². The molecule has 1 atom stereocenters. The van der Waals surface area contributed by atoms with E-state index in [2.05, 4.69) is 30.9 Å². The summed E-state index contributed by atoms with van der Waals surface area (Å²) in [6, 6.07) is 9.82. The number of carbonyl (C=O) groups excluding carboxylic acids is 1. The Hall–Kier alpha value is -2.40. The second-order valence-electron chi connectivity index (χ2n) is 7.87. The van der Waals surface area contributed by atoms with E-state index in [1.54, 1.807) is 0 Å². The molecule has 0 radical (unpaired) electrons. The predicted octanol–water partition coefficient (Wildman–Crippen LogP) is 5.67. The molecular weight excluding hydrogens is 374 g/mol. The van der Waals surface area contributed by atoms with E-state index in [0.29, 0.717) is 27.4 Å². The number of rotatable bonds is 5. The van der Waals surface area contributed by atoms with Gasteiger partial charge in [-0.05, 0) is 56.4 Å². The molecule has 1 unspecified atom stereocenters. The lowest BCUT2D eigenvalue weighted by Crippen LogP contribution is -2.35. The van der Waals surface area contributed by atoms with Gasteiger partial charge in [0.2, 0.25) is 0 Å². The van der Waals surface area contributed by atoms with Gasteiger partial charge in [-0.1, -0.05) is 42.7 Å². The predicted molar refractivity (Wildman–Crippen MR) is 110 cm³/mol. The van der Waals surface area contributed by atoms with Crippen LogP contribution in [0.5, 0.6) is 0 Å². The van der Waals surface area contributed by atoms with Gasteiger partial charge in [-0.3, -0.25) is 4.79 Å². The summed E-state index contributed by atoms with van der Waals surface area (Å²) in [5.74, 6) is 0.190. The molecule has 0 spiro atoms. The van der Waals surface area contributed by atoms with Gasteiger partial charge in [0.25, 0.3) is 11.6 Å². The van der Waals surface area contributed by atoms with Crippen LogP contribution in [0.3, 0.4) is 0 Å². The number of amides is 1. The maximum Gasteiger partial charge on any atom is 0.259 e. The first-order valence-corrected chi connectivity index (χ1v) is 10.1. The van der Waals surface area contributed by atoms with Crippen molar-refractivity contribution >= 4 is 28.6 Å². The molecule has 1 saturated carbocycles. The van der Waals surface area contributed by atoms with Crippen molar-refractivity contribution in [2.24, 2.45) is 0 Å². The van der Waals surface area contributed by atoms with Gasteiger partial charge in [-0.25, -0.2) is 4.98 Å². The minimum atomic E-state index is -0.0526. The van der Waals surface area contributed by atoms with E-state index >= 15 is 0 Å². The second-order valence-corrected chi connectivity index (χ2v) is 8.31. The number of benzene rings is 1. The smallest absolute Gasteiger partial charge is 0.259 e. The monoisotopic (exact) mass is 397 g/mol. The van der Waals surface area contributed by atoms with Gasteiger partial charge < -0.3 is 9.42 Å². The maximum absolute atomic E-state index is 13.7. The van der Waals surface area contributed by atoms with Crippen LogP contribution in [0.25, 0.3) is 11.1 Å². The van der Waals surface area contributed by atoms with Gasteiger partial charge in [0, 0.05) is 16.8 Å². The van der Waals surface area contributed by atoms with Gasteiger partial charge in [0.1, 0.15) is 0 Å². The molecule has 2 heterocycles. The van der Waals surface area contributed by atoms with Crippen LogP contribution < -0.4 is 0 Å². The first-order chi connectivity index (χ1) is 13.4. The number of carbonyl (C=O) groups is 1. The summed E-state index contributed by atoms with van der Waals surface area (Å²) in [6.45, 7) is 8.03. The largest absolute Gasteiger partial charge is 0.336 e. The fraction of sp³-hybridized carbons (Fsp3) is 0.409. The maximum atomic E-state index is 13.7. The van der Waals surface area contributed by atoms with Crippen molar-refractivity contribution in [1.29, 1.82) is 0 Å². The van der Waals surface area contributed by atoms with E-state index in [1.807, 2.05) is 42.2 Å². The Morgan fingerprint density at radius 1 is 1.21 bits per heavy atom. The Balaban J connectivity index is 1.79. The van der Waals surface area contributed by atoms with Crippen LogP contribution in [0.2, 0.25) is 5.02 Å². The molecule has 3 aromatic rings. The van der Waals surface area contributed by atoms with Crippen LogP contribution in [0, 0.1) is 6.92 Å². The molecule has 4 rings (SSSR count). The van der Waals surface area contributed by atoms with Crippen molar-refractivity contribution in [1.82, 2.24) is 15.0 Å². The zero-order valence-electron chi connectivity index (χ0n) is 16.6. The molecule has 5 nitrogen and oxygen atoms in total. The third-order valence-electron chi connectivity index (χ3n) is 5.40. The standard InChI is InChI=1S/C22H24ClN3O2/c1-12(2)19-11-18(20-13(3)25-28-21(20)24-19)22(27)26(17-9-10-17)14(4)15-5-7-16(23)8-6-15/h5-8,11-12,14,17H,9-10H2,1-4H3. The molecule has 1 aliphatic rings. The van der Waals surface area contributed by atoms with Crippen molar-refractivity contribution in [3.05, 3.63) is 57.9 Å². The van der Waals surface area contributed by atoms with E-state index in [1.165, 1.54) is 0 Å². The molecule has 0 saturated heterocycles. The lowest BCUT2D eigenvalue weighted by Gasteiger charge is -2.30. The fourth-order valence-electron chi connectivity index (χ4n) is 3.63. The Morgan fingerprint density at radius 2 is 1.89 bits per heavy atom. The van der Waals surface area contributed by atoms with Gasteiger partial charge >= 0.3 is 0 Å². The lowest BCUT2D eigenvalue weighted by molar-refractivity contribution is 0.0675. The number of hydrogen-bond donors (Lipinski definition) is 0. The number of aromatic nitrogens is 2. The van der Waals surface area contributed by atoms with E-state index < -0.39 is 0 Å². The Bertz CT molecular complexity index is 1020. The summed E-state index contributed by atoms with van der Waals surface area (Å²) in [7, 11) is 0. The van der Waals surface area contributed by atoms with Crippen LogP contribution >= 0.6 is 11.6 Å². The van der Waals surface area contributed by atoms with E-state index in [0.717, 1.165) is 24.1 Å². The van der Waals surface area contributed by atoms with Crippen molar-refractivity contribution in [2.45, 2.75) is 58.5 Å². The van der Waals surface area contributed by atoms with Crippen molar-refractivity contribution in [3.8, 4) is 0 Å². The summed E-state index contributed by atoms with van der Waals surface area (Å²) >= 11 is 6.04. The van der Waals surface area contributed by atoms with E-state index in [-0.39, 0.29) is 23.9 Å². The highest BCUT2D eigenvalue weighted by molar-refractivity contribution is 6.30. The molecule has 0 bridgehead atoms. The quantitative estimate of drug-likeness (QED) is 0.556.